The second-order valence-electron chi connectivity index (χ2n) is 9.70. The number of carbonyl (C=O) groups is 2. The lowest BCUT2D eigenvalue weighted by atomic mass is 10.1. The summed E-state index contributed by atoms with van der Waals surface area (Å²) < 4.78 is 34.7. The highest BCUT2D eigenvalue weighted by Gasteiger charge is 2.33. The minimum Gasteiger partial charge on any atom is -0.496 e. The van der Waals surface area contributed by atoms with E-state index in [1.807, 2.05) is 6.92 Å². The maximum absolute atomic E-state index is 14.0. The zero-order valence-electron chi connectivity index (χ0n) is 23.3. The summed E-state index contributed by atoms with van der Waals surface area (Å²) >= 11 is 16.2. The standard InChI is InChI=1S/C29H32BrCl2N3O5S/c1-18(2)33-29(37)20(4)34(16-23-25(31)7-6-8-26(23)32)28(36)17-35(21-11-9-19(3)10-12-21)41(38,39)22-13-14-27(40-5)24(30)15-22/h6-15,18,20H,16-17H2,1-5H3,(H,33,37)/t20-/m1/s1. The Morgan fingerprint density at radius 3 is 2.15 bits per heavy atom. The molecule has 0 radical (unpaired) electrons. The van der Waals surface area contributed by atoms with E-state index >= 15 is 0 Å². The van der Waals surface area contributed by atoms with Gasteiger partial charge in [-0.2, -0.15) is 0 Å². The van der Waals surface area contributed by atoms with Gasteiger partial charge in [0, 0.05) is 28.2 Å². The van der Waals surface area contributed by atoms with Gasteiger partial charge >= 0.3 is 0 Å². The molecule has 0 aliphatic carbocycles. The Morgan fingerprint density at radius 1 is 1.00 bits per heavy atom. The first-order chi connectivity index (χ1) is 19.3. The number of nitrogens with one attached hydrogen (secondary N) is 1. The molecular formula is C29H32BrCl2N3O5S. The third-order valence-electron chi connectivity index (χ3n) is 6.30. The summed E-state index contributed by atoms with van der Waals surface area (Å²) in [6.45, 7) is 6.36. The van der Waals surface area contributed by atoms with Crippen molar-refractivity contribution >= 4 is 66.7 Å². The van der Waals surface area contributed by atoms with Crippen molar-refractivity contribution in [1.82, 2.24) is 10.2 Å². The number of methoxy groups -OCH3 is 1. The minimum atomic E-state index is -4.25. The van der Waals surface area contributed by atoms with Crippen LogP contribution in [0.5, 0.6) is 5.75 Å². The fourth-order valence-electron chi connectivity index (χ4n) is 4.02. The molecule has 3 aromatic rings. The molecule has 220 valence electrons. The number of hydrogen-bond acceptors (Lipinski definition) is 5. The zero-order chi connectivity index (χ0) is 30.5. The predicted molar refractivity (Wildman–Crippen MR) is 166 cm³/mol. The molecule has 8 nitrogen and oxygen atoms in total. The molecule has 0 aliphatic heterocycles. The summed E-state index contributed by atoms with van der Waals surface area (Å²) in [4.78, 5) is 28.3. The molecule has 1 atom stereocenters. The number of rotatable bonds is 11. The van der Waals surface area contributed by atoms with Gasteiger partial charge in [-0.15, -0.1) is 0 Å². The number of sulfonamides is 1. The van der Waals surface area contributed by atoms with E-state index in [1.54, 1.807) is 63.2 Å². The van der Waals surface area contributed by atoms with Crippen LogP contribution in [0, 0.1) is 6.92 Å². The highest BCUT2D eigenvalue weighted by Crippen LogP contribution is 2.32. The first kappa shape index (κ1) is 32.7. The lowest BCUT2D eigenvalue weighted by molar-refractivity contribution is -0.139. The number of ether oxygens (including phenoxy) is 1. The SMILES string of the molecule is COc1ccc(S(=O)(=O)N(CC(=O)N(Cc2c(Cl)cccc2Cl)[C@H](C)C(=O)NC(C)C)c2ccc(C)cc2)cc1Br. The van der Waals surface area contributed by atoms with Gasteiger partial charge in [-0.3, -0.25) is 13.9 Å². The number of nitrogens with zero attached hydrogens (tertiary/aromatic N) is 2. The van der Waals surface area contributed by atoms with E-state index in [0.717, 1.165) is 9.87 Å². The predicted octanol–water partition coefficient (Wildman–Crippen LogP) is 6.21. The lowest BCUT2D eigenvalue weighted by Gasteiger charge is -2.32. The molecule has 2 amide bonds. The van der Waals surface area contributed by atoms with Gasteiger partial charge in [-0.05, 0) is 86.1 Å². The van der Waals surface area contributed by atoms with Gasteiger partial charge in [0.15, 0.2) is 0 Å². The van der Waals surface area contributed by atoms with Crippen molar-refractivity contribution in [1.29, 1.82) is 0 Å². The van der Waals surface area contributed by atoms with Crippen LogP contribution in [-0.2, 0) is 26.2 Å². The first-order valence-electron chi connectivity index (χ1n) is 12.7. The van der Waals surface area contributed by atoms with E-state index in [9.17, 15) is 18.0 Å². The summed E-state index contributed by atoms with van der Waals surface area (Å²) in [6.07, 6.45) is 0. The highest BCUT2D eigenvalue weighted by atomic mass is 79.9. The summed E-state index contributed by atoms with van der Waals surface area (Å²) in [6, 6.07) is 14.9. The summed E-state index contributed by atoms with van der Waals surface area (Å²) in [5, 5.41) is 3.44. The van der Waals surface area contributed by atoms with Gasteiger partial charge in [0.25, 0.3) is 10.0 Å². The number of carbonyl (C=O) groups excluding carboxylic acids is 2. The van der Waals surface area contributed by atoms with Crippen molar-refractivity contribution in [3.05, 3.63) is 86.3 Å². The number of aryl methyl sites for hydroxylation is 1. The zero-order valence-corrected chi connectivity index (χ0v) is 27.2. The average Bonchev–Trinajstić information content (AvgIpc) is 2.91. The summed E-state index contributed by atoms with van der Waals surface area (Å²) in [7, 11) is -2.78. The molecule has 1 N–H and O–H groups in total. The maximum Gasteiger partial charge on any atom is 0.264 e. The molecule has 12 heteroatoms. The van der Waals surface area contributed by atoms with E-state index < -0.39 is 34.4 Å². The maximum atomic E-state index is 14.0. The Morgan fingerprint density at radius 2 is 1.61 bits per heavy atom. The highest BCUT2D eigenvalue weighted by molar-refractivity contribution is 9.10. The van der Waals surface area contributed by atoms with Crippen LogP contribution in [0.3, 0.4) is 0 Å². The van der Waals surface area contributed by atoms with Crippen molar-refractivity contribution in [2.45, 2.75) is 51.2 Å². The van der Waals surface area contributed by atoms with Crippen LogP contribution < -0.4 is 14.4 Å². The quantitative estimate of drug-likeness (QED) is 0.259. The number of halogens is 3. The molecule has 0 spiro atoms. The Kier molecular flexibility index (Phi) is 11.1. The van der Waals surface area contributed by atoms with E-state index in [0.29, 0.717) is 25.8 Å². The fraction of sp³-hybridized carbons (Fsp3) is 0.310. The Hall–Kier alpha value is -2.79. The van der Waals surface area contributed by atoms with Crippen molar-refractivity contribution < 1.29 is 22.7 Å². The molecule has 41 heavy (non-hydrogen) atoms. The minimum absolute atomic E-state index is 0.0511. The number of amides is 2. The van der Waals surface area contributed by atoms with Crippen LogP contribution in [0.15, 0.2) is 70.0 Å². The van der Waals surface area contributed by atoms with E-state index in [1.165, 1.54) is 30.2 Å². The fourth-order valence-corrected chi connectivity index (χ4v) is 6.67. The smallest absolute Gasteiger partial charge is 0.264 e. The Labute approximate surface area is 259 Å². The van der Waals surface area contributed by atoms with Gasteiger partial charge < -0.3 is 15.0 Å². The van der Waals surface area contributed by atoms with Crippen LogP contribution >= 0.6 is 39.1 Å². The average molecular weight is 685 g/mol. The van der Waals surface area contributed by atoms with E-state index in [-0.39, 0.29) is 23.2 Å². The van der Waals surface area contributed by atoms with E-state index in [4.69, 9.17) is 27.9 Å². The summed E-state index contributed by atoms with van der Waals surface area (Å²) in [5.74, 6) is -0.570. The second kappa shape index (κ2) is 13.9. The van der Waals surface area contributed by atoms with Crippen LogP contribution in [-0.4, -0.2) is 50.9 Å². The monoisotopic (exact) mass is 683 g/mol. The van der Waals surface area contributed by atoms with Gasteiger partial charge in [0.05, 0.1) is 22.2 Å². The molecule has 0 bridgehead atoms. The third kappa shape index (κ3) is 7.94. The van der Waals surface area contributed by atoms with Crippen LogP contribution in [0.4, 0.5) is 5.69 Å². The van der Waals surface area contributed by atoms with Crippen LogP contribution in [0.2, 0.25) is 10.0 Å². The van der Waals surface area contributed by atoms with Crippen molar-refractivity contribution in [3.8, 4) is 5.75 Å². The van der Waals surface area contributed by atoms with Gasteiger partial charge in [-0.1, -0.05) is 47.0 Å². The number of hydrogen-bond donors (Lipinski definition) is 1. The second-order valence-corrected chi connectivity index (χ2v) is 13.2. The normalized spacial score (nSPS) is 12.1. The number of anilines is 1. The van der Waals surface area contributed by atoms with Gasteiger partial charge in [0.2, 0.25) is 11.8 Å². The molecule has 0 aliphatic rings. The summed E-state index contributed by atoms with van der Waals surface area (Å²) in [5.41, 5.74) is 1.64. The van der Waals surface area contributed by atoms with Crippen LogP contribution in [0.25, 0.3) is 0 Å². The van der Waals surface area contributed by atoms with Crippen molar-refractivity contribution in [2.75, 3.05) is 18.0 Å². The molecule has 0 saturated carbocycles. The van der Waals surface area contributed by atoms with Crippen molar-refractivity contribution in [3.63, 3.8) is 0 Å². The molecule has 3 rings (SSSR count). The van der Waals surface area contributed by atoms with Gasteiger partial charge in [-0.25, -0.2) is 8.42 Å². The molecule has 0 aromatic heterocycles. The third-order valence-corrected chi connectivity index (χ3v) is 9.40. The van der Waals surface area contributed by atoms with Crippen molar-refractivity contribution in [2.24, 2.45) is 0 Å². The lowest BCUT2D eigenvalue weighted by Crippen LogP contribution is -2.52. The topological polar surface area (TPSA) is 96.0 Å². The molecule has 0 heterocycles. The van der Waals surface area contributed by atoms with Gasteiger partial charge in [0.1, 0.15) is 18.3 Å². The molecule has 0 fully saturated rings. The largest absolute Gasteiger partial charge is 0.496 e. The molecule has 0 saturated heterocycles. The molecule has 0 unspecified atom stereocenters. The first-order valence-corrected chi connectivity index (χ1v) is 15.7. The number of benzene rings is 3. The van der Waals surface area contributed by atoms with E-state index in [2.05, 4.69) is 21.2 Å². The Balaban J connectivity index is 2.09. The Bertz CT molecular complexity index is 1500. The van der Waals surface area contributed by atoms with Crippen LogP contribution in [0.1, 0.15) is 31.9 Å². The molecular weight excluding hydrogens is 653 g/mol. The molecule has 3 aromatic carbocycles.